The number of aryl methyl sites for hydroxylation is 2. The van der Waals surface area contributed by atoms with Crippen LogP contribution in [0.5, 0.6) is 5.75 Å². The van der Waals surface area contributed by atoms with E-state index in [0.717, 1.165) is 34.4 Å². The number of aromatic carboxylic acids is 1. The Morgan fingerprint density at radius 2 is 1.76 bits per heavy atom. The first-order valence-electron chi connectivity index (χ1n) is 7.10. The molecule has 0 atom stereocenters. The maximum Gasteiger partial charge on any atom is 0.335 e. The van der Waals surface area contributed by atoms with E-state index in [1.165, 1.54) is 0 Å². The monoisotopic (exact) mass is 284 g/mol. The minimum atomic E-state index is -0.909. The molecule has 0 aliphatic carbocycles. The van der Waals surface area contributed by atoms with Crippen molar-refractivity contribution in [3.8, 4) is 16.9 Å². The zero-order valence-electron chi connectivity index (χ0n) is 12.6. The number of ether oxygens (including phenoxy) is 1. The third-order valence-corrected chi connectivity index (χ3v) is 3.35. The van der Waals surface area contributed by atoms with Gasteiger partial charge in [-0.2, -0.15) is 0 Å². The van der Waals surface area contributed by atoms with E-state index in [9.17, 15) is 4.79 Å². The van der Waals surface area contributed by atoms with E-state index in [0.29, 0.717) is 12.2 Å². The standard InChI is InChI=1S/C18H20O3/c1-4-8-21-17-12(2)9-16(10-13(17)3)14-6-5-7-15(11-14)18(19)20/h5-7,9-11H,4,8H2,1-3H3,(H,19,20). The highest BCUT2D eigenvalue weighted by Crippen LogP contribution is 2.30. The van der Waals surface area contributed by atoms with E-state index in [4.69, 9.17) is 9.84 Å². The Bertz CT molecular complexity index is 636. The zero-order valence-corrected chi connectivity index (χ0v) is 12.6. The summed E-state index contributed by atoms with van der Waals surface area (Å²) >= 11 is 0. The van der Waals surface area contributed by atoms with E-state index in [1.54, 1.807) is 18.2 Å². The number of hydrogen-bond acceptors (Lipinski definition) is 2. The normalized spacial score (nSPS) is 10.4. The van der Waals surface area contributed by atoms with Gasteiger partial charge in [-0.3, -0.25) is 0 Å². The predicted molar refractivity (Wildman–Crippen MR) is 84.1 cm³/mol. The van der Waals surface area contributed by atoms with E-state index in [-0.39, 0.29) is 0 Å². The Morgan fingerprint density at radius 1 is 1.10 bits per heavy atom. The first-order chi connectivity index (χ1) is 10.0. The minimum Gasteiger partial charge on any atom is -0.493 e. The van der Waals surface area contributed by atoms with Gasteiger partial charge in [0.2, 0.25) is 0 Å². The van der Waals surface area contributed by atoms with Crippen LogP contribution < -0.4 is 4.74 Å². The fourth-order valence-electron chi connectivity index (χ4n) is 2.38. The largest absolute Gasteiger partial charge is 0.493 e. The number of carboxylic acid groups (broad SMARTS) is 1. The Hall–Kier alpha value is -2.29. The van der Waals surface area contributed by atoms with E-state index >= 15 is 0 Å². The van der Waals surface area contributed by atoms with Gasteiger partial charge in [0.25, 0.3) is 0 Å². The lowest BCUT2D eigenvalue weighted by molar-refractivity contribution is 0.0697. The molecular formula is C18H20O3. The quantitative estimate of drug-likeness (QED) is 0.881. The molecule has 2 aromatic rings. The zero-order chi connectivity index (χ0) is 15.4. The maximum absolute atomic E-state index is 11.1. The summed E-state index contributed by atoms with van der Waals surface area (Å²) in [5.41, 5.74) is 4.35. The van der Waals surface area contributed by atoms with Crippen LogP contribution in [-0.2, 0) is 0 Å². The summed E-state index contributed by atoms with van der Waals surface area (Å²) in [6.45, 7) is 6.82. The molecule has 0 aromatic heterocycles. The third-order valence-electron chi connectivity index (χ3n) is 3.35. The van der Waals surface area contributed by atoms with E-state index in [2.05, 4.69) is 6.92 Å². The number of carboxylic acids is 1. The molecule has 0 bridgehead atoms. The molecule has 3 heteroatoms. The van der Waals surface area contributed by atoms with Crippen molar-refractivity contribution in [3.63, 3.8) is 0 Å². The molecule has 3 nitrogen and oxygen atoms in total. The van der Waals surface area contributed by atoms with Crippen LogP contribution in [0.25, 0.3) is 11.1 Å². The second kappa shape index (κ2) is 6.44. The van der Waals surface area contributed by atoms with Crippen molar-refractivity contribution < 1.29 is 14.6 Å². The molecule has 0 saturated carbocycles. The van der Waals surface area contributed by atoms with Gasteiger partial charge in [-0.15, -0.1) is 0 Å². The topological polar surface area (TPSA) is 46.5 Å². The minimum absolute atomic E-state index is 0.300. The molecule has 2 rings (SSSR count). The molecule has 0 aliphatic rings. The molecule has 2 aromatic carbocycles. The van der Waals surface area contributed by atoms with Gasteiger partial charge < -0.3 is 9.84 Å². The van der Waals surface area contributed by atoms with Crippen molar-refractivity contribution in [2.75, 3.05) is 6.61 Å². The summed E-state index contributed by atoms with van der Waals surface area (Å²) in [5, 5.41) is 9.09. The van der Waals surface area contributed by atoms with Crippen LogP contribution in [0.1, 0.15) is 34.8 Å². The lowest BCUT2D eigenvalue weighted by Gasteiger charge is -2.14. The molecule has 0 spiro atoms. The molecule has 0 saturated heterocycles. The summed E-state index contributed by atoms with van der Waals surface area (Å²) in [7, 11) is 0. The molecular weight excluding hydrogens is 264 g/mol. The van der Waals surface area contributed by atoms with E-state index in [1.807, 2.05) is 32.0 Å². The van der Waals surface area contributed by atoms with Crippen LogP contribution in [0.15, 0.2) is 36.4 Å². The molecule has 0 fully saturated rings. The van der Waals surface area contributed by atoms with Gasteiger partial charge in [-0.05, 0) is 66.8 Å². The van der Waals surface area contributed by atoms with Gasteiger partial charge in [0, 0.05) is 0 Å². The highest BCUT2D eigenvalue weighted by Gasteiger charge is 2.09. The maximum atomic E-state index is 11.1. The lowest BCUT2D eigenvalue weighted by atomic mass is 9.98. The average molecular weight is 284 g/mol. The first-order valence-corrected chi connectivity index (χ1v) is 7.10. The average Bonchev–Trinajstić information content (AvgIpc) is 2.46. The van der Waals surface area contributed by atoms with Gasteiger partial charge in [0.1, 0.15) is 5.75 Å². The summed E-state index contributed by atoms with van der Waals surface area (Å²) in [6.07, 6.45) is 0.974. The van der Waals surface area contributed by atoms with Crippen molar-refractivity contribution in [1.82, 2.24) is 0 Å². The molecule has 21 heavy (non-hydrogen) atoms. The molecule has 0 unspecified atom stereocenters. The van der Waals surface area contributed by atoms with Crippen LogP contribution in [0.2, 0.25) is 0 Å². The number of benzene rings is 2. The predicted octanol–water partition coefficient (Wildman–Crippen LogP) is 4.46. The van der Waals surface area contributed by atoms with Gasteiger partial charge in [0.15, 0.2) is 0 Å². The van der Waals surface area contributed by atoms with Gasteiger partial charge in [-0.25, -0.2) is 4.79 Å². The van der Waals surface area contributed by atoms with Crippen molar-refractivity contribution in [2.45, 2.75) is 27.2 Å². The third kappa shape index (κ3) is 3.43. The smallest absolute Gasteiger partial charge is 0.335 e. The van der Waals surface area contributed by atoms with Crippen molar-refractivity contribution in [2.24, 2.45) is 0 Å². The van der Waals surface area contributed by atoms with Gasteiger partial charge >= 0.3 is 5.97 Å². The van der Waals surface area contributed by atoms with Crippen LogP contribution in [0, 0.1) is 13.8 Å². The van der Waals surface area contributed by atoms with Crippen molar-refractivity contribution >= 4 is 5.97 Å². The molecule has 0 radical (unpaired) electrons. The SMILES string of the molecule is CCCOc1c(C)cc(-c2cccc(C(=O)O)c2)cc1C. The lowest BCUT2D eigenvalue weighted by Crippen LogP contribution is -2.00. The Balaban J connectivity index is 2.41. The van der Waals surface area contributed by atoms with Gasteiger partial charge in [0.05, 0.1) is 12.2 Å². The van der Waals surface area contributed by atoms with Crippen LogP contribution in [0.3, 0.4) is 0 Å². The number of carbonyl (C=O) groups is 1. The van der Waals surface area contributed by atoms with Crippen LogP contribution in [0.4, 0.5) is 0 Å². The second-order valence-electron chi connectivity index (χ2n) is 5.17. The molecule has 0 amide bonds. The Morgan fingerprint density at radius 3 is 2.33 bits per heavy atom. The van der Waals surface area contributed by atoms with Crippen LogP contribution >= 0.6 is 0 Å². The Kier molecular flexibility index (Phi) is 4.63. The number of rotatable bonds is 5. The summed E-state index contributed by atoms with van der Waals surface area (Å²) in [6, 6.07) is 11.1. The molecule has 110 valence electrons. The molecule has 0 heterocycles. The summed E-state index contributed by atoms with van der Waals surface area (Å²) in [4.78, 5) is 11.1. The summed E-state index contributed by atoms with van der Waals surface area (Å²) < 4.78 is 5.78. The van der Waals surface area contributed by atoms with Crippen LogP contribution in [-0.4, -0.2) is 17.7 Å². The Labute approximate surface area is 125 Å². The van der Waals surface area contributed by atoms with Gasteiger partial charge in [-0.1, -0.05) is 19.1 Å². The molecule has 1 N–H and O–H groups in total. The van der Waals surface area contributed by atoms with Crippen molar-refractivity contribution in [1.29, 1.82) is 0 Å². The van der Waals surface area contributed by atoms with Crippen molar-refractivity contribution in [3.05, 3.63) is 53.1 Å². The fraction of sp³-hybridized carbons (Fsp3) is 0.278. The highest BCUT2D eigenvalue weighted by molar-refractivity contribution is 5.89. The van der Waals surface area contributed by atoms with E-state index < -0.39 is 5.97 Å². The molecule has 0 aliphatic heterocycles. The second-order valence-corrected chi connectivity index (χ2v) is 5.17. The summed E-state index contributed by atoms with van der Waals surface area (Å²) in [5.74, 6) is 0.0168. The highest BCUT2D eigenvalue weighted by atomic mass is 16.5. The number of hydrogen-bond donors (Lipinski definition) is 1. The fourth-order valence-corrected chi connectivity index (χ4v) is 2.38. The first kappa shape index (κ1) is 15.1.